The standard InChI is InChI=1S/C12H15N3S/c1-13-9-5-8-3-2-4-10-12(8)15(6-9)11(7-16)14-10/h2-4,7,9,11,13-14H,5-6H2,1H3. The maximum Gasteiger partial charge on any atom is 0.129 e. The van der Waals surface area contributed by atoms with Crippen molar-refractivity contribution in [1.29, 1.82) is 0 Å². The third-order valence-electron chi connectivity index (χ3n) is 3.47. The maximum absolute atomic E-state index is 5.10. The minimum absolute atomic E-state index is 0.169. The molecule has 0 aromatic heterocycles. The molecule has 0 spiro atoms. The predicted octanol–water partition coefficient (Wildman–Crippen LogP) is 1.39. The predicted molar refractivity (Wildman–Crippen MR) is 71.4 cm³/mol. The average Bonchev–Trinajstić information content (AvgIpc) is 2.69. The Morgan fingerprint density at radius 1 is 1.56 bits per heavy atom. The van der Waals surface area contributed by atoms with Gasteiger partial charge in [0.1, 0.15) is 6.17 Å². The summed E-state index contributed by atoms with van der Waals surface area (Å²) in [7, 11) is 2.02. The van der Waals surface area contributed by atoms with Crippen LogP contribution in [0.1, 0.15) is 5.56 Å². The van der Waals surface area contributed by atoms with Crippen LogP contribution >= 0.6 is 12.2 Å². The fourth-order valence-electron chi connectivity index (χ4n) is 2.66. The summed E-state index contributed by atoms with van der Waals surface area (Å²) >= 11 is 5.10. The number of likely N-dealkylation sites (N-methyl/N-ethyl adjacent to an activating group) is 1. The van der Waals surface area contributed by atoms with E-state index in [-0.39, 0.29) is 6.17 Å². The van der Waals surface area contributed by atoms with Gasteiger partial charge in [0.05, 0.1) is 11.4 Å². The second kappa shape index (κ2) is 3.71. The van der Waals surface area contributed by atoms with Gasteiger partial charge >= 0.3 is 0 Å². The zero-order chi connectivity index (χ0) is 11.1. The monoisotopic (exact) mass is 233 g/mol. The van der Waals surface area contributed by atoms with Crippen molar-refractivity contribution in [2.24, 2.45) is 0 Å². The molecule has 0 aliphatic carbocycles. The van der Waals surface area contributed by atoms with E-state index < -0.39 is 0 Å². The minimum Gasteiger partial charge on any atom is -0.360 e. The lowest BCUT2D eigenvalue weighted by atomic mass is 9.98. The molecule has 0 amide bonds. The zero-order valence-electron chi connectivity index (χ0n) is 9.23. The van der Waals surface area contributed by atoms with E-state index in [0.29, 0.717) is 6.04 Å². The minimum atomic E-state index is 0.169. The number of thiocarbonyl (C=S) groups is 1. The highest BCUT2D eigenvalue weighted by Crippen LogP contribution is 2.40. The number of nitrogens with one attached hydrogen (secondary N) is 2. The Hall–Kier alpha value is -1.13. The van der Waals surface area contributed by atoms with Gasteiger partial charge in [-0.1, -0.05) is 24.4 Å². The molecule has 1 aromatic carbocycles. The Balaban J connectivity index is 2.07. The van der Waals surface area contributed by atoms with Gasteiger partial charge in [-0.15, -0.1) is 0 Å². The first-order chi connectivity index (χ1) is 7.83. The summed E-state index contributed by atoms with van der Waals surface area (Å²) in [6.07, 6.45) is 1.27. The number of anilines is 2. The van der Waals surface area contributed by atoms with E-state index in [1.165, 1.54) is 16.9 Å². The smallest absolute Gasteiger partial charge is 0.129 e. The number of hydrogen-bond acceptors (Lipinski definition) is 4. The van der Waals surface area contributed by atoms with Gasteiger partial charge < -0.3 is 15.5 Å². The van der Waals surface area contributed by atoms with Crippen LogP contribution in [0.5, 0.6) is 0 Å². The first kappa shape index (κ1) is 10.1. The van der Waals surface area contributed by atoms with E-state index in [0.717, 1.165) is 13.0 Å². The van der Waals surface area contributed by atoms with Crippen LogP contribution in [0.4, 0.5) is 11.4 Å². The molecule has 1 aromatic rings. The summed E-state index contributed by atoms with van der Waals surface area (Å²) in [6.45, 7) is 1.02. The molecule has 0 bridgehead atoms. The normalized spacial score (nSPS) is 26.2. The lowest BCUT2D eigenvalue weighted by molar-refractivity contribution is 0.526. The second-order valence-corrected chi connectivity index (χ2v) is 4.65. The Bertz CT molecular complexity index is 432. The second-order valence-electron chi connectivity index (χ2n) is 4.38. The Morgan fingerprint density at radius 3 is 3.19 bits per heavy atom. The first-order valence-electron chi connectivity index (χ1n) is 5.61. The quantitative estimate of drug-likeness (QED) is 0.755. The lowest BCUT2D eigenvalue weighted by Gasteiger charge is -2.34. The zero-order valence-corrected chi connectivity index (χ0v) is 10.1. The fourth-order valence-corrected chi connectivity index (χ4v) is 2.88. The SMILES string of the molecule is CNC1Cc2cccc3c2N(C1)C(C=S)N3. The summed E-state index contributed by atoms with van der Waals surface area (Å²) in [5.74, 6) is 0. The fraction of sp³-hybridized carbons (Fsp3) is 0.417. The number of benzene rings is 1. The molecule has 84 valence electrons. The summed E-state index contributed by atoms with van der Waals surface area (Å²) in [4.78, 5) is 2.36. The molecule has 3 rings (SSSR count). The highest BCUT2D eigenvalue weighted by Gasteiger charge is 2.34. The van der Waals surface area contributed by atoms with Crippen LogP contribution in [0.3, 0.4) is 0 Å². The van der Waals surface area contributed by atoms with Crippen molar-refractivity contribution >= 4 is 29.0 Å². The highest BCUT2D eigenvalue weighted by atomic mass is 32.1. The van der Waals surface area contributed by atoms with Gasteiger partial charge in [0.25, 0.3) is 0 Å². The average molecular weight is 233 g/mol. The molecule has 2 aliphatic rings. The summed E-state index contributed by atoms with van der Waals surface area (Å²) in [5.41, 5.74) is 3.98. The third-order valence-corrected chi connectivity index (χ3v) is 3.72. The molecule has 0 fully saturated rings. The first-order valence-corrected chi connectivity index (χ1v) is 6.08. The topological polar surface area (TPSA) is 27.3 Å². The molecule has 3 nitrogen and oxygen atoms in total. The van der Waals surface area contributed by atoms with Crippen LogP contribution < -0.4 is 15.5 Å². The highest BCUT2D eigenvalue weighted by molar-refractivity contribution is 7.79. The van der Waals surface area contributed by atoms with E-state index in [1.807, 2.05) is 12.4 Å². The van der Waals surface area contributed by atoms with E-state index in [1.54, 1.807) is 0 Å². The Labute approximate surface area is 101 Å². The van der Waals surface area contributed by atoms with E-state index in [2.05, 4.69) is 33.7 Å². The van der Waals surface area contributed by atoms with Crippen molar-refractivity contribution in [3.8, 4) is 0 Å². The largest absolute Gasteiger partial charge is 0.360 e. The number of rotatable bonds is 2. The van der Waals surface area contributed by atoms with E-state index >= 15 is 0 Å². The van der Waals surface area contributed by atoms with E-state index in [4.69, 9.17) is 12.2 Å². The Kier molecular flexibility index (Phi) is 2.33. The van der Waals surface area contributed by atoms with Crippen molar-refractivity contribution in [2.75, 3.05) is 23.8 Å². The van der Waals surface area contributed by atoms with Crippen molar-refractivity contribution < 1.29 is 0 Å². The summed E-state index contributed by atoms with van der Waals surface area (Å²) in [6, 6.07) is 6.97. The third kappa shape index (κ3) is 1.33. The van der Waals surface area contributed by atoms with Crippen LogP contribution in [-0.4, -0.2) is 31.2 Å². The molecule has 0 saturated heterocycles. The van der Waals surface area contributed by atoms with Crippen LogP contribution in [0.15, 0.2) is 18.2 Å². The van der Waals surface area contributed by atoms with Gasteiger partial charge in [0.2, 0.25) is 0 Å². The molecule has 2 atom stereocenters. The molecular formula is C12H15N3S. The van der Waals surface area contributed by atoms with Crippen molar-refractivity contribution in [1.82, 2.24) is 5.32 Å². The van der Waals surface area contributed by atoms with Crippen molar-refractivity contribution in [3.63, 3.8) is 0 Å². The van der Waals surface area contributed by atoms with Crippen molar-refractivity contribution in [3.05, 3.63) is 23.8 Å². The molecular weight excluding hydrogens is 218 g/mol. The van der Waals surface area contributed by atoms with Gasteiger partial charge in [0, 0.05) is 18.0 Å². The van der Waals surface area contributed by atoms with Crippen LogP contribution in [-0.2, 0) is 6.42 Å². The van der Waals surface area contributed by atoms with Crippen LogP contribution in [0.2, 0.25) is 0 Å². The van der Waals surface area contributed by atoms with Gasteiger partial charge in [0.15, 0.2) is 0 Å². The van der Waals surface area contributed by atoms with Gasteiger partial charge in [-0.2, -0.15) is 0 Å². The lowest BCUT2D eigenvalue weighted by Crippen LogP contribution is -2.48. The number of hydrogen-bond donors (Lipinski definition) is 2. The van der Waals surface area contributed by atoms with Crippen LogP contribution in [0.25, 0.3) is 0 Å². The molecule has 4 heteroatoms. The molecule has 2 aliphatic heterocycles. The molecule has 0 radical (unpaired) electrons. The van der Waals surface area contributed by atoms with Crippen molar-refractivity contribution in [2.45, 2.75) is 18.6 Å². The summed E-state index contributed by atoms with van der Waals surface area (Å²) in [5, 5.41) is 8.62. The maximum atomic E-state index is 5.10. The molecule has 16 heavy (non-hydrogen) atoms. The summed E-state index contributed by atoms with van der Waals surface area (Å²) < 4.78 is 0. The van der Waals surface area contributed by atoms with Crippen LogP contribution in [0, 0.1) is 0 Å². The van der Waals surface area contributed by atoms with Gasteiger partial charge in [-0.05, 0) is 25.1 Å². The van der Waals surface area contributed by atoms with E-state index in [9.17, 15) is 0 Å². The number of nitrogens with zero attached hydrogens (tertiary/aromatic N) is 1. The van der Waals surface area contributed by atoms with Gasteiger partial charge in [-0.25, -0.2) is 0 Å². The molecule has 2 heterocycles. The molecule has 2 N–H and O–H groups in total. The molecule has 2 unspecified atom stereocenters. The molecule has 0 saturated carbocycles. The Morgan fingerprint density at radius 2 is 2.44 bits per heavy atom. The van der Waals surface area contributed by atoms with Gasteiger partial charge in [-0.3, -0.25) is 0 Å². The number of para-hydroxylation sites is 1.